The Morgan fingerprint density at radius 3 is 2.53 bits per heavy atom. The Bertz CT molecular complexity index is 358. The van der Waals surface area contributed by atoms with E-state index in [2.05, 4.69) is 35.2 Å². The van der Waals surface area contributed by atoms with Gasteiger partial charge in [-0.2, -0.15) is 0 Å². The standard InChI is InChI=1S/C15H21NO/c17-15-8-4-7-13(15)9-16-10-14(11-16)12-5-2-1-3-6-12/h1-3,5-6,13-15,17H,4,7-11H2. The summed E-state index contributed by atoms with van der Waals surface area (Å²) in [6.07, 6.45) is 3.40. The molecule has 0 amide bonds. The maximum Gasteiger partial charge on any atom is 0.0580 e. The summed E-state index contributed by atoms with van der Waals surface area (Å²) in [4.78, 5) is 2.50. The van der Waals surface area contributed by atoms with E-state index in [1.54, 1.807) is 0 Å². The summed E-state index contributed by atoms with van der Waals surface area (Å²) in [5, 5.41) is 9.81. The summed E-state index contributed by atoms with van der Waals surface area (Å²) in [5.41, 5.74) is 1.47. The van der Waals surface area contributed by atoms with Crippen molar-refractivity contribution in [2.75, 3.05) is 19.6 Å². The van der Waals surface area contributed by atoms with Crippen LogP contribution >= 0.6 is 0 Å². The number of hydrogen-bond acceptors (Lipinski definition) is 2. The maximum absolute atomic E-state index is 9.81. The molecule has 2 unspecified atom stereocenters. The summed E-state index contributed by atoms with van der Waals surface area (Å²) in [6, 6.07) is 10.8. The maximum atomic E-state index is 9.81. The molecule has 1 heterocycles. The van der Waals surface area contributed by atoms with Crippen LogP contribution in [-0.2, 0) is 0 Å². The van der Waals surface area contributed by atoms with Crippen LogP contribution in [0.4, 0.5) is 0 Å². The third kappa shape index (κ3) is 2.38. The number of benzene rings is 1. The minimum absolute atomic E-state index is 0.0363. The van der Waals surface area contributed by atoms with Gasteiger partial charge < -0.3 is 10.0 Å². The van der Waals surface area contributed by atoms with Crippen LogP contribution in [0, 0.1) is 5.92 Å². The molecule has 2 heteroatoms. The highest BCUT2D eigenvalue weighted by Crippen LogP contribution is 2.31. The zero-order valence-corrected chi connectivity index (χ0v) is 10.3. The second kappa shape index (κ2) is 4.79. The van der Waals surface area contributed by atoms with Crippen LogP contribution in [0.25, 0.3) is 0 Å². The molecule has 1 aliphatic heterocycles. The lowest BCUT2D eigenvalue weighted by atomic mass is 9.90. The smallest absolute Gasteiger partial charge is 0.0580 e. The lowest BCUT2D eigenvalue weighted by Gasteiger charge is -2.41. The third-order valence-electron chi connectivity index (χ3n) is 4.34. The molecule has 0 radical (unpaired) electrons. The minimum Gasteiger partial charge on any atom is -0.393 e. The second-order valence-electron chi connectivity index (χ2n) is 5.58. The second-order valence-corrected chi connectivity index (χ2v) is 5.58. The summed E-state index contributed by atoms with van der Waals surface area (Å²) in [7, 11) is 0. The van der Waals surface area contributed by atoms with Crippen LogP contribution in [0.5, 0.6) is 0 Å². The average Bonchev–Trinajstić information content (AvgIpc) is 2.70. The van der Waals surface area contributed by atoms with E-state index in [9.17, 15) is 5.11 Å². The first-order chi connectivity index (χ1) is 8.33. The van der Waals surface area contributed by atoms with E-state index >= 15 is 0 Å². The van der Waals surface area contributed by atoms with Crippen molar-refractivity contribution in [1.29, 1.82) is 0 Å². The first kappa shape index (κ1) is 11.2. The molecule has 0 bridgehead atoms. The van der Waals surface area contributed by atoms with Crippen molar-refractivity contribution in [3.8, 4) is 0 Å². The van der Waals surface area contributed by atoms with E-state index in [-0.39, 0.29) is 6.10 Å². The molecule has 2 nitrogen and oxygen atoms in total. The fourth-order valence-corrected chi connectivity index (χ4v) is 3.22. The first-order valence-electron chi connectivity index (χ1n) is 6.78. The number of hydrogen-bond donors (Lipinski definition) is 1. The molecule has 0 aromatic heterocycles. The Balaban J connectivity index is 1.49. The van der Waals surface area contributed by atoms with E-state index in [1.807, 2.05) is 0 Å². The Morgan fingerprint density at radius 2 is 1.88 bits per heavy atom. The van der Waals surface area contributed by atoms with Crippen molar-refractivity contribution in [2.45, 2.75) is 31.3 Å². The number of rotatable bonds is 3. The van der Waals surface area contributed by atoms with Gasteiger partial charge in [0.15, 0.2) is 0 Å². The minimum atomic E-state index is -0.0363. The molecule has 2 fully saturated rings. The van der Waals surface area contributed by atoms with Gasteiger partial charge in [-0.3, -0.25) is 0 Å². The quantitative estimate of drug-likeness (QED) is 0.862. The highest BCUT2D eigenvalue weighted by atomic mass is 16.3. The van der Waals surface area contributed by atoms with Crippen LogP contribution in [0.2, 0.25) is 0 Å². The van der Waals surface area contributed by atoms with Crippen molar-refractivity contribution in [2.24, 2.45) is 5.92 Å². The largest absolute Gasteiger partial charge is 0.393 e. The van der Waals surface area contributed by atoms with Crippen molar-refractivity contribution in [3.63, 3.8) is 0 Å². The molecule has 1 saturated carbocycles. The average molecular weight is 231 g/mol. The summed E-state index contributed by atoms with van der Waals surface area (Å²) in [5.74, 6) is 1.25. The number of likely N-dealkylation sites (tertiary alicyclic amines) is 1. The van der Waals surface area contributed by atoms with Gasteiger partial charge in [0.25, 0.3) is 0 Å². The van der Waals surface area contributed by atoms with Gasteiger partial charge in [0.2, 0.25) is 0 Å². The first-order valence-corrected chi connectivity index (χ1v) is 6.78. The molecule has 1 N–H and O–H groups in total. The molecule has 2 aliphatic rings. The Kier molecular flexibility index (Phi) is 3.17. The fourth-order valence-electron chi connectivity index (χ4n) is 3.22. The molecule has 2 atom stereocenters. The lowest BCUT2D eigenvalue weighted by Crippen LogP contribution is -2.47. The van der Waals surface area contributed by atoms with E-state index in [4.69, 9.17) is 0 Å². The molecule has 3 rings (SSSR count). The van der Waals surface area contributed by atoms with Gasteiger partial charge in [-0.15, -0.1) is 0 Å². The zero-order chi connectivity index (χ0) is 11.7. The highest BCUT2D eigenvalue weighted by molar-refractivity contribution is 5.22. The van der Waals surface area contributed by atoms with E-state index in [1.165, 1.54) is 31.5 Å². The lowest BCUT2D eigenvalue weighted by molar-refractivity contribution is 0.0676. The van der Waals surface area contributed by atoms with E-state index < -0.39 is 0 Å². The third-order valence-corrected chi connectivity index (χ3v) is 4.34. The van der Waals surface area contributed by atoms with Crippen molar-refractivity contribution in [1.82, 2.24) is 4.90 Å². The summed E-state index contributed by atoms with van der Waals surface area (Å²) >= 11 is 0. The molecule has 0 spiro atoms. The normalized spacial score (nSPS) is 30.4. The Morgan fingerprint density at radius 1 is 1.12 bits per heavy atom. The van der Waals surface area contributed by atoms with Crippen molar-refractivity contribution in [3.05, 3.63) is 35.9 Å². The monoisotopic (exact) mass is 231 g/mol. The topological polar surface area (TPSA) is 23.5 Å². The predicted octanol–water partition coefficient (Wildman–Crippen LogP) is 2.25. The summed E-state index contributed by atoms with van der Waals surface area (Å²) in [6.45, 7) is 3.45. The number of aliphatic hydroxyl groups excluding tert-OH is 1. The summed E-state index contributed by atoms with van der Waals surface area (Å²) < 4.78 is 0. The number of aliphatic hydroxyl groups is 1. The number of nitrogens with zero attached hydrogens (tertiary/aromatic N) is 1. The molecular weight excluding hydrogens is 210 g/mol. The van der Waals surface area contributed by atoms with Crippen molar-refractivity contribution >= 4 is 0 Å². The van der Waals surface area contributed by atoms with E-state index in [0.29, 0.717) is 5.92 Å². The van der Waals surface area contributed by atoms with Crippen LogP contribution in [-0.4, -0.2) is 35.7 Å². The molecule has 17 heavy (non-hydrogen) atoms. The van der Waals surface area contributed by atoms with Crippen molar-refractivity contribution < 1.29 is 5.11 Å². The van der Waals surface area contributed by atoms with Gasteiger partial charge in [0.05, 0.1) is 6.10 Å². The molecule has 1 saturated heterocycles. The van der Waals surface area contributed by atoms with Crippen LogP contribution in [0.15, 0.2) is 30.3 Å². The highest BCUT2D eigenvalue weighted by Gasteiger charge is 2.33. The zero-order valence-electron chi connectivity index (χ0n) is 10.3. The molecule has 1 aromatic rings. The molecule has 1 aliphatic carbocycles. The van der Waals surface area contributed by atoms with Gasteiger partial charge >= 0.3 is 0 Å². The fraction of sp³-hybridized carbons (Fsp3) is 0.600. The SMILES string of the molecule is OC1CCCC1CN1CC(c2ccccc2)C1. The van der Waals surface area contributed by atoms with Gasteiger partial charge in [-0.25, -0.2) is 0 Å². The van der Waals surface area contributed by atoms with Gasteiger partial charge in [-0.05, 0) is 24.3 Å². The Hall–Kier alpha value is -0.860. The van der Waals surface area contributed by atoms with Gasteiger partial charge in [-0.1, -0.05) is 36.8 Å². The van der Waals surface area contributed by atoms with E-state index in [0.717, 1.165) is 18.9 Å². The van der Waals surface area contributed by atoms with Gasteiger partial charge in [0, 0.05) is 25.6 Å². The van der Waals surface area contributed by atoms with Crippen LogP contribution in [0.1, 0.15) is 30.7 Å². The van der Waals surface area contributed by atoms with Crippen LogP contribution < -0.4 is 0 Å². The van der Waals surface area contributed by atoms with Gasteiger partial charge in [0.1, 0.15) is 0 Å². The van der Waals surface area contributed by atoms with Crippen LogP contribution in [0.3, 0.4) is 0 Å². The molecular formula is C15H21NO. The molecule has 92 valence electrons. The Labute approximate surface area is 103 Å². The molecule has 1 aromatic carbocycles. The predicted molar refractivity (Wildman–Crippen MR) is 69.0 cm³/mol.